The first kappa shape index (κ1) is 14.2. The number of aromatic nitrogens is 5. The standard InChI is InChI=1S/C12H18N6O2/c1-16-7-9(11(19)18(3)12(16)20)6-13-5-4-10-15-14-8-17(10)2/h7-8,13H,4-6H2,1-3H3. The molecule has 0 radical (unpaired) electrons. The Kier molecular flexibility index (Phi) is 4.14. The van der Waals surface area contributed by atoms with E-state index in [1.807, 2.05) is 11.6 Å². The Balaban J connectivity index is 1.97. The van der Waals surface area contributed by atoms with Gasteiger partial charge in [0, 0.05) is 52.4 Å². The van der Waals surface area contributed by atoms with Crippen molar-refractivity contribution in [3.8, 4) is 0 Å². The molecule has 0 unspecified atom stereocenters. The van der Waals surface area contributed by atoms with E-state index in [0.29, 0.717) is 18.7 Å². The molecule has 108 valence electrons. The van der Waals surface area contributed by atoms with Crippen molar-refractivity contribution >= 4 is 0 Å². The Morgan fingerprint density at radius 1 is 1.20 bits per heavy atom. The summed E-state index contributed by atoms with van der Waals surface area (Å²) in [4.78, 5) is 23.5. The molecule has 0 aliphatic heterocycles. The van der Waals surface area contributed by atoms with Gasteiger partial charge in [-0.2, -0.15) is 0 Å². The average Bonchev–Trinajstić information content (AvgIpc) is 2.83. The maximum atomic E-state index is 11.9. The lowest BCUT2D eigenvalue weighted by atomic mass is 10.3. The Morgan fingerprint density at radius 3 is 2.60 bits per heavy atom. The van der Waals surface area contributed by atoms with E-state index in [1.165, 1.54) is 11.6 Å². The van der Waals surface area contributed by atoms with E-state index in [9.17, 15) is 9.59 Å². The molecule has 0 aliphatic rings. The Morgan fingerprint density at radius 2 is 1.95 bits per heavy atom. The highest BCUT2D eigenvalue weighted by atomic mass is 16.2. The van der Waals surface area contributed by atoms with Crippen molar-refractivity contribution in [2.24, 2.45) is 21.1 Å². The van der Waals surface area contributed by atoms with Crippen molar-refractivity contribution in [1.82, 2.24) is 29.2 Å². The van der Waals surface area contributed by atoms with E-state index in [0.717, 1.165) is 16.8 Å². The summed E-state index contributed by atoms with van der Waals surface area (Å²) in [6, 6.07) is 0. The molecule has 2 heterocycles. The van der Waals surface area contributed by atoms with Gasteiger partial charge < -0.3 is 14.5 Å². The third kappa shape index (κ3) is 2.85. The topological polar surface area (TPSA) is 86.7 Å². The minimum Gasteiger partial charge on any atom is -0.321 e. The lowest BCUT2D eigenvalue weighted by Gasteiger charge is -2.07. The zero-order valence-electron chi connectivity index (χ0n) is 11.8. The van der Waals surface area contributed by atoms with Crippen LogP contribution in [0, 0.1) is 0 Å². The van der Waals surface area contributed by atoms with Crippen molar-refractivity contribution in [3.63, 3.8) is 0 Å². The second-order valence-electron chi connectivity index (χ2n) is 4.70. The second-order valence-corrected chi connectivity index (χ2v) is 4.70. The van der Waals surface area contributed by atoms with Gasteiger partial charge in [0.25, 0.3) is 5.56 Å². The van der Waals surface area contributed by atoms with Gasteiger partial charge in [-0.25, -0.2) is 4.79 Å². The molecule has 0 aliphatic carbocycles. The van der Waals surface area contributed by atoms with Gasteiger partial charge in [0.05, 0.1) is 0 Å². The quantitative estimate of drug-likeness (QED) is 0.676. The number of hydrogen-bond acceptors (Lipinski definition) is 5. The van der Waals surface area contributed by atoms with Crippen molar-refractivity contribution in [1.29, 1.82) is 0 Å². The molecule has 0 aromatic carbocycles. The number of aryl methyl sites for hydroxylation is 2. The molecule has 2 rings (SSSR count). The second kappa shape index (κ2) is 5.83. The summed E-state index contributed by atoms with van der Waals surface area (Å²) in [5.41, 5.74) is -0.0235. The van der Waals surface area contributed by atoms with E-state index < -0.39 is 0 Å². The fourth-order valence-corrected chi connectivity index (χ4v) is 1.96. The van der Waals surface area contributed by atoms with Gasteiger partial charge in [0.1, 0.15) is 12.2 Å². The van der Waals surface area contributed by atoms with Crippen LogP contribution in [0.4, 0.5) is 0 Å². The summed E-state index contributed by atoms with van der Waals surface area (Å²) in [5, 5.41) is 11.0. The summed E-state index contributed by atoms with van der Waals surface area (Å²) >= 11 is 0. The Hall–Kier alpha value is -2.22. The van der Waals surface area contributed by atoms with Crippen LogP contribution in [0.2, 0.25) is 0 Å². The molecule has 0 saturated carbocycles. The summed E-state index contributed by atoms with van der Waals surface area (Å²) in [6.07, 6.45) is 3.95. The van der Waals surface area contributed by atoms with Crippen molar-refractivity contribution < 1.29 is 0 Å². The summed E-state index contributed by atoms with van der Waals surface area (Å²) < 4.78 is 4.37. The van der Waals surface area contributed by atoms with Gasteiger partial charge in [0.15, 0.2) is 0 Å². The number of rotatable bonds is 5. The van der Waals surface area contributed by atoms with Gasteiger partial charge >= 0.3 is 5.69 Å². The zero-order chi connectivity index (χ0) is 14.7. The molecule has 0 amide bonds. The van der Waals surface area contributed by atoms with E-state index in [1.54, 1.807) is 19.6 Å². The Labute approximate surface area is 115 Å². The van der Waals surface area contributed by atoms with Crippen LogP contribution in [0.1, 0.15) is 11.4 Å². The largest absolute Gasteiger partial charge is 0.330 e. The van der Waals surface area contributed by atoms with Crippen LogP contribution in [0.5, 0.6) is 0 Å². The van der Waals surface area contributed by atoms with Gasteiger partial charge in [0.2, 0.25) is 0 Å². The van der Waals surface area contributed by atoms with Crippen molar-refractivity contribution in [3.05, 3.63) is 44.8 Å². The first-order valence-corrected chi connectivity index (χ1v) is 6.30. The SMILES string of the molecule is Cn1cnnc1CCNCc1cn(C)c(=O)n(C)c1=O. The van der Waals surface area contributed by atoms with Crippen molar-refractivity contribution in [2.75, 3.05) is 6.54 Å². The number of hydrogen-bond donors (Lipinski definition) is 1. The molecule has 0 fully saturated rings. The molecule has 0 spiro atoms. The van der Waals surface area contributed by atoms with Crippen LogP contribution in [-0.2, 0) is 34.1 Å². The van der Waals surface area contributed by atoms with E-state index >= 15 is 0 Å². The van der Waals surface area contributed by atoms with Crippen LogP contribution >= 0.6 is 0 Å². The highest BCUT2D eigenvalue weighted by Gasteiger charge is 2.06. The predicted octanol–water partition coefficient (Wildman–Crippen LogP) is -1.46. The molecule has 8 nitrogen and oxygen atoms in total. The average molecular weight is 278 g/mol. The molecule has 0 saturated heterocycles. The van der Waals surface area contributed by atoms with Crippen LogP contribution in [0.15, 0.2) is 22.1 Å². The maximum absolute atomic E-state index is 11.9. The maximum Gasteiger partial charge on any atom is 0.330 e. The first-order chi connectivity index (χ1) is 9.50. The lowest BCUT2D eigenvalue weighted by Crippen LogP contribution is -2.39. The van der Waals surface area contributed by atoms with Gasteiger partial charge in [-0.05, 0) is 0 Å². The van der Waals surface area contributed by atoms with Gasteiger partial charge in [-0.15, -0.1) is 10.2 Å². The smallest absolute Gasteiger partial charge is 0.321 e. The molecule has 0 bridgehead atoms. The summed E-state index contributed by atoms with van der Waals surface area (Å²) in [7, 11) is 5.00. The monoisotopic (exact) mass is 278 g/mol. The molecular weight excluding hydrogens is 260 g/mol. The zero-order valence-corrected chi connectivity index (χ0v) is 11.8. The highest BCUT2D eigenvalue weighted by molar-refractivity contribution is 5.05. The summed E-state index contributed by atoms with van der Waals surface area (Å²) in [6.45, 7) is 1.09. The third-order valence-electron chi connectivity index (χ3n) is 3.16. The minimum atomic E-state index is -0.321. The van der Waals surface area contributed by atoms with E-state index in [2.05, 4.69) is 15.5 Å². The summed E-state index contributed by atoms with van der Waals surface area (Å²) in [5.74, 6) is 0.880. The molecular formula is C12H18N6O2. The van der Waals surface area contributed by atoms with Crippen molar-refractivity contribution in [2.45, 2.75) is 13.0 Å². The van der Waals surface area contributed by atoms with Crippen LogP contribution in [0.25, 0.3) is 0 Å². The van der Waals surface area contributed by atoms with Crippen LogP contribution < -0.4 is 16.6 Å². The van der Waals surface area contributed by atoms with Gasteiger partial charge in [-0.1, -0.05) is 0 Å². The van der Waals surface area contributed by atoms with E-state index in [-0.39, 0.29) is 11.2 Å². The molecule has 2 aromatic heterocycles. The molecule has 8 heteroatoms. The normalized spacial score (nSPS) is 10.9. The molecule has 0 atom stereocenters. The highest BCUT2D eigenvalue weighted by Crippen LogP contribution is 1.92. The molecule has 20 heavy (non-hydrogen) atoms. The number of nitrogens with one attached hydrogen (secondary N) is 1. The van der Waals surface area contributed by atoms with Gasteiger partial charge in [-0.3, -0.25) is 9.36 Å². The van der Waals surface area contributed by atoms with Crippen LogP contribution in [0.3, 0.4) is 0 Å². The van der Waals surface area contributed by atoms with E-state index in [4.69, 9.17) is 0 Å². The predicted molar refractivity (Wildman–Crippen MR) is 73.3 cm³/mol. The Bertz CT molecular complexity index is 711. The lowest BCUT2D eigenvalue weighted by molar-refractivity contribution is 0.618. The number of nitrogens with zero attached hydrogens (tertiary/aromatic N) is 5. The molecule has 2 aromatic rings. The fraction of sp³-hybridized carbons (Fsp3) is 0.500. The fourth-order valence-electron chi connectivity index (χ4n) is 1.96. The molecule has 1 N–H and O–H groups in total. The van der Waals surface area contributed by atoms with Crippen LogP contribution in [-0.4, -0.2) is 30.4 Å². The third-order valence-corrected chi connectivity index (χ3v) is 3.16. The first-order valence-electron chi connectivity index (χ1n) is 6.30. The minimum absolute atomic E-state index is 0.265.